The molecule has 0 unspecified atom stereocenters. The van der Waals surface area contributed by atoms with Gasteiger partial charge in [-0.1, -0.05) is 24.3 Å². The summed E-state index contributed by atoms with van der Waals surface area (Å²) in [4.78, 5) is 19.2. The molecule has 26 heavy (non-hydrogen) atoms. The lowest BCUT2D eigenvalue weighted by Gasteiger charge is -2.16. The summed E-state index contributed by atoms with van der Waals surface area (Å²) in [7, 11) is 1.93. The fraction of sp³-hybridized carbons (Fsp3) is 0.333. The summed E-state index contributed by atoms with van der Waals surface area (Å²) in [5.74, 6) is 0.00718. The second-order valence-corrected chi connectivity index (χ2v) is 7.16. The van der Waals surface area contributed by atoms with Gasteiger partial charge in [0.1, 0.15) is 0 Å². The Morgan fingerprint density at radius 2 is 2.00 bits per heavy atom. The van der Waals surface area contributed by atoms with Crippen LogP contribution < -0.4 is 0 Å². The highest BCUT2D eigenvalue weighted by atomic mass is 16.3. The summed E-state index contributed by atoms with van der Waals surface area (Å²) in [5.41, 5.74) is 3.58. The molecule has 0 saturated carbocycles. The number of hydrogen-bond acceptors (Lipinski definition) is 3. The maximum Gasteiger partial charge on any atom is 0.255 e. The molecule has 1 fully saturated rings. The van der Waals surface area contributed by atoms with E-state index in [1.165, 1.54) is 0 Å². The lowest BCUT2D eigenvalue weighted by Crippen LogP contribution is -2.30. The molecule has 2 atom stereocenters. The van der Waals surface area contributed by atoms with Crippen LogP contribution in [0.15, 0.2) is 48.7 Å². The van der Waals surface area contributed by atoms with Crippen molar-refractivity contribution in [3.8, 4) is 0 Å². The highest BCUT2D eigenvalue weighted by Crippen LogP contribution is 2.24. The number of rotatable bonds is 3. The molecule has 1 N–H and O–H groups in total. The molecule has 1 saturated heterocycles. The van der Waals surface area contributed by atoms with Gasteiger partial charge in [-0.25, -0.2) is 0 Å². The number of likely N-dealkylation sites (tertiary alicyclic amines) is 1. The summed E-state index contributed by atoms with van der Waals surface area (Å²) >= 11 is 0. The first-order valence-corrected chi connectivity index (χ1v) is 8.97. The van der Waals surface area contributed by atoms with Crippen molar-refractivity contribution < 1.29 is 9.90 Å². The number of pyridine rings is 1. The van der Waals surface area contributed by atoms with E-state index in [1.54, 1.807) is 4.90 Å². The first-order valence-electron chi connectivity index (χ1n) is 8.97. The van der Waals surface area contributed by atoms with E-state index in [2.05, 4.69) is 6.07 Å². The van der Waals surface area contributed by atoms with Crippen LogP contribution in [0.2, 0.25) is 0 Å². The van der Waals surface area contributed by atoms with E-state index < -0.39 is 6.10 Å². The SMILES string of the molecule is Cc1c(C(=O)N2C[C@@H](Cc3ccc4ccccc4n3)[C@H](O)C2)ccn1C. The second kappa shape index (κ2) is 6.57. The molecule has 5 heteroatoms. The normalized spacial score (nSPS) is 20.0. The number of fused-ring (bicyclic) bond motifs is 1. The fourth-order valence-corrected chi connectivity index (χ4v) is 3.72. The first kappa shape index (κ1) is 16.8. The third kappa shape index (κ3) is 2.99. The number of β-amino-alcohol motifs (C(OH)–C–C–N with tert-alkyl or cyclic N) is 1. The van der Waals surface area contributed by atoms with Gasteiger partial charge >= 0.3 is 0 Å². The average Bonchev–Trinajstić information content (AvgIpc) is 3.17. The van der Waals surface area contributed by atoms with E-state index in [9.17, 15) is 9.90 Å². The number of hydrogen-bond donors (Lipinski definition) is 1. The number of para-hydroxylation sites is 1. The number of aliphatic hydroxyl groups excluding tert-OH is 1. The third-order valence-electron chi connectivity index (χ3n) is 5.44. The Bertz CT molecular complexity index is 963. The number of aryl methyl sites for hydroxylation is 1. The summed E-state index contributed by atoms with van der Waals surface area (Å²) < 4.78 is 1.94. The van der Waals surface area contributed by atoms with Crippen LogP contribution in [0.4, 0.5) is 0 Å². The van der Waals surface area contributed by atoms with E-state index >= 15 is 0 Å². The molecule has 1 amide bonds. The van der Waals surface area contributed by atoms with Crippen molar-refractivity contribution in [3.05, 3.63) is 65.6 Å². The summed E-state index contributed by atoms with van der Waals surface area (Å²) in [5, 5.41) is 11.6. The topological polar surface area (TPSA) is 58.4 Å². The second-order valence-electron chi connectivity index (χ2n) is 7.16. The van der Waals surface area contributed by atoms with Crippen LogP contribution in [0.1, 0.15) is 21.7 Å². The van der Waals surface area contributed by atoms with Crippen LogP contribution in [0.25, 0.3) is 10.9 Å². The molecule has 0 aliphatic carbocycles. The molecule has 0 bridgehead atoms. The molecule has 5 nitrogen and oxygen atoms in total. The van der Waals surface area contributed by atoms with E-state index in [0.717, 1.165) is 22.3 Å². The number of nitrogens with zero attached hydrogens (tertiary/aromatic N) is 3. The van der Waals surface area contributed by atoms with Crippen LogP contribution in [0.3, 0.4) is 0 Å². The molecule has 4 rings (SSSR count). The summed E-state index contributed by atoms with van der Waals surface area (Å²) in [6.07, 6.45) is 2.05. The van der Waals surface area contributed by atoms with Gasteiger partial charge < -0.3 is 14.6 Å². The quantitative estimate of drug-likeness (QED) is 0.791. The van der Waals surface area contributed by atoms with Gasteiger partial charge in [0.25, 0.3) is 5.91 Å². The van der Waals surface area contributed by atoms with Gasteiger partial charge in [0, 0.05) is 49.0 Å². The molecule has 3 aromatic rings. The number of benzene rings is 1. The van der Waals surface area contributed by atoms with Crippen molar-refractivity contribution >= 4 is 16.8 Å². The third-order valence-corrected chi connectivity index (χ3v) is 5.44. The Morgan fingerprint density at radius 3 is 2.77 bits per heavy atom. The van der Waals surface area contributed by atoms with E-state index in [-0.39, 0.29) is 11.8 Å². The zero-order valence-corrected chi connectivity index (χ0v) is 15.1. The van der Waals surface area contributed by atoms with Gasteiger partial charge in [-0.2, -0.15) is 0 Å². The minimum absolute atomic E-state index is 0.00359. The highest BCUT2D eigenvalue weighted by molar-refractivity contribution is 5.95. The Labute approximate surface area is 152 Å². The van der Waals surface area contributed by atoms with Gasteiger partial charge in [0.05, 0.1) is 17.2 Å². The van der Waals surface area contributed by atoms with Crippen molar-refractivity contribution in [1.29, 1.82) is 0 Å². The van der Waals surface area contributed by atoms with Crippen molar-refractivity contribution in [2.75, 3.05) is 13.1 Å². The minimum Gasteiger partial charge on any atom is -0.391 e. The Morgan fingerprint density at radius 1 is 1.19 bits per heavy atom. The summed E-state index contributed by atoms with van der Waals surface area (Å²) in [6, 6.07) is 13.9. The van der Waals surface area contributed by atoms with Crippen LogP contribution in [-0.4, -0.2) is 44.7 Å². The molecule has 0 radical (unpaired) electrons. The van der Waals surface area contributed by atoms with E-state index in [4.69, 9.17) is 4.98 Å². The molecule has 1 aliphatic rings. The largest absolute Gasteiger partial charge is 0.391 e. The Hall–Kier alpha value is -2.66. The van der Waals surface area contributed by atoms with Crippen molar-refractivity contribution in [2.24, 2.45) is 13.0 Å². The molecule has 3 heterocycles. The van der Waals surface area contributed by atoms with E-state index in [0.29, 0.717) is 25.1 Å². The first-order chi connectivity index (χ1) is 12.5. The van der Waals surface area contributed by atoms with Crippen LogP contribution in [-0.2, 0) is 13.5 Å². The average molecular weight is 349 g/mol. The van der Waals surface area contributed by atoms with Crippen LogP contribution in [0.5, 0.6) is 0 Å². The minimum atomic E-state index is -0.517. The van der Waals surface area contributed by atoms with Gasteiger partial charge in [-0.15, -0.1) is 0 Å². The molecule has 2 aromatic heterocycles. The zero-order chi connectivity index (χ0) is 18.3. The Kier molecular flexibility index (Phi) is 4.24. The van der Waals surface area contributed by atoms with Crippen molar-refractivity contribution in [3.63, 3.8) is 0 Å². The molecular weight excluding hydrogens is 326 g/mol. The number of carbonyl (C=O) groups is 1. The zero-order valence-electron chi connectivity index (χ0n) is 15.1. The molecular formula is C21H23N3O2. The monoisotopic (exact) mass is 349 g/mol. The van der Waals surface area contributed by atoms with E-state index in [1.807, 2.05) is 61.1 Å². The van der Waals surface area contributed by atoms with Crippen molar-refractivity contribution in [2.45, 2.75) is 19.4 Å². The highest BCUT2D eigenvalue weighted by Gasteiger charge is 2.35. The lowest BCUT2D eigenvalue weighted by molar-refractivity contribution is 0.0764. The molecule has 1 aliphatic heterocycles. The molecule has 134 valence electrons. The number of carbonyl (C=O) groups excluding carboxylic acids is 1. The van der Waals surface area contributed by atoms with Crippen molar-refractivity contribution in [1.82, 2.24) is 14.5 Å². The summed E-state index contributed by atoms with van der Waals surface area (Å²) in [6.45, 7) is 2.88. The smallest absolute Gasteiger partial charge is 0.255 e. The predicted octanol–water partition coefficient (Wildman–Crippen LogP) is 2.56. The Balaban J connectivity index is 1.49. The van der Waals surface area contributed by atoms with Gasteiger partial charge in [-0.3, -0.25) is 9.78 Å². The van der Waals surface area contributed by atoms with Gasteiger partial charge in [0.2, 0.25) is 0 Å². The number of aromatic nitrogens is 2. The number of amides is 1. The maximum absolute atomic E-state index is 12.8. The van der Waals surface area contributed by atoms with Crippen LogP contribution in [0, 0.1) is 12.8 Å². The van der Waals surface area contributed by atoms with Crippen LogP contribution >= 0.6 is 0 Å². The standard InChI is InChI=1S/C21H23N3O2/c1-14-18(9-10-23(14)2)21(26)24-12-16(20(25)13-24)11-17-8-7-15-5-3-4-6-19(15)22-17/h3-10,16,20,25H,11-13H2,1-2H3/t16-,20-/m1/s1. The molecule has 1 aromatic carbocycles. The predicted molar refractivity (Wildman–Crippen MR) is 101 cm³/mol. The van der Waals surface area contributed by atoms with Gasteiger partial charge in [0.15, 0.2) is 0 Å². The fourth-order valence-electron chi connectivity index (χ4n) is 3.72. The lowest BCUT2D eigenvalue weighted by atomic mass is 9.99. The maximum atomic E-state index is 12.8. The molecule has 0 spiro atoms. The number of aliphatic hydroxyl groups is 1. The van der Waals surface area contributed by atoms with Gasteiger partial charge in [-0.05, 0) is 31.5 Å².